The molecule has 0 amide bonds. The van der Waals surface area contributed by atoms with E-state index in [4.69, 9.17) is 10.5 Å². The number of nitrogens with zero attached hydrogens (tertiary/aromatic N) is 1. The molecule has 0 aliphatic heterocycles. The van der Waals surface area contributed by atoms with E-state index in [1.54, 1.807) is 13.3 Å². The molecule has 1 atom stereocenters. The SMILES string of the molecule is COCCC(C)Nc1ncccc1N. The molecule has 0 spiro atoms. The molecular weight excluding hydrogens is 178 g/mol. The van der Waals surface area contributed by atoms with Gasteiger partial charge in [-0.2, -0.15) is 0 Å². The molecule has 0 fully saturated rings. The molecule has 0 bridgehead atoms. The zero-order chi connectivity index (χ0) is 10.4. The molecule has 0 aromatic carbocycles. The second kappa shape index (κ2) is 5.44. The van der Waals surface area contributed by atoms with Crippen molar-refractivity contribution in [1.29, 1.82) is 0 Å². The molecule has 3 N–H and O–H groups in total. The number of nitrogen functional groups attached to an aromatic ring is 1. The first-order valence-corrected chi connectivity index (χ1v) is 4.70. The van der Waals surface area contributed by atoms with E-state index in [0.717, 1.165) is 18.8 Å². The normalized spacial score (nSPS) is 12.4. The third kappa shape index (κ3) is 3.22. The third-order valence-electron chi connectivity index (χ3n) is 1.98. The fourth-order valence-corrected chi connectivity index (χ4v) is 1.14. The maximum Gasteiger partial charge on any atom is 0.149 e. The zero-order valence-electron chi connectivity index (χ0n) is 8.66. The second-order valence-electron chi connectivity index (χ2n) is 3.27. The summed E-state index contributed by atoms with van der Waals surface area (Å²) in [7, 11) is 1.70. The van der Waals surface area contributed by atoms with Crippen molar-refractivity contribution < 1.29 is 4.74 Å². The summed E-state index contributed by atoms with van der Waals surface area (Å²) in [5.74, 6) is 0.746. The number of aromatic nitrogens is 1. The Bertz CT molecular complexity index is 278. The number of nitrogens with two attached hydrogens (primary N) is 1. The molecule has 1 aromatic heterocycles. The van der Waals surface area contributed by atoms with E-state index in [-0.39, 0.29) is 0 Å². The fourth-order valence-electron chi connectivity index (χ4n) is 1.14. The van der Waals surface area contributed by atoms with Crippen LogP contribution in [0.25, 0.3) is 0 Å². The fraction of sp³-hybridized carbons (Fsp3) is 0.500. The van der Waals surface area contributed by atoms with Crippen LogP contribution in [0.15, 0.2) is 18.3 Å². The average molecular weight is 195 g/mol. The molecule has 0 aliphatic rings. The van der Waals surface area contributed by atoms with E-state index in [1.165, 1.54) is 0 Å². The van der Waals surface area contributed by atoms with Crippen LogP contribution < -0.4 is 11.1 Å². The van der Waals surface area contributed by atoms with Gasteiger partial charge in [-0.05, 0) is 25.5 Å². The minimum atomic E-state index is 0.312. The van der Waals surface area contributed by atoms with Gasteiger partial charge in [0.05, 0.1) is 5.69 Å². The molecule has 4 heteroatoms. The summed E-state index contributed by atoms with van der Waals surface area (Å²) in [5.41, 5.74) is 6.42. The lowest BCUT2D eigenvalue weighted by Gasteiger charge is -2.14. The Morgan fingerprint density at radius 3 is 3.07 bits per heavy atom. The summed E-state index contributed by atoms with van der Waals surface area (Å²) in [6.07, 6.45) is 2.66. The maximum absolute atomic E-state index is 5.74. The van der Waals surface area contributed by atoms with Crippen molar-refractivity contribution in [2.75, 3.05) is 24.8 Å². The maximum atomic E-state index is 5.74. The minimum Gasteiger partial charge on any atom is -0.396 e. The molecule has 1 rings (SSSR count). The van der Waals surface area contributed by atoms with Crippen LogP contribution in [-0.4, -0.2) is 24.7 Å². The summed E-state index contributed by atoms with van der Waals surface area (Å²) in [4.78, 5) is 4.15. The van der Waals surface area contributed by atoms with Crippen LogP contribution in [0.4, 0.5) is 11.5 Å². The zero-order valence-corrected chi connectivity index (χ0v) is 8.66. The topological polar surface area (TPSA) is 60.2 Å². The Hall–Kier alpha value is -1.29. The highest BCUT2D eigenvalue weighted by Gasteiger charge is 2.04. The van der Waals surface area contributed by atoms with Gasteiger partial charge in [-0.1, -0.05) is 0 Å². The van der Waals surface area contributed by atoms with E-state index in [2.05, 4.69) is 17.2 Å². The lowest BCUT2D eigenvalue weighted by Crippen LogP contribution is -2.18. The summed E-state index contributed by atoms with van der Waals surface area (Å²) in [6, 6.07) is 3.96. The lowest BCUT2D eigenvalue weighted by atomic mass is 10.2. The van der Waals surface area contributed by atoms with Gasteiger partial charge in [0.2, 0.25) is 0 Å². The van der Waals surface area contributed by atoms with Gasteiger partial charge in [-0.25, -0.2) is 4.98 Å². The summed E-state index contributed by atoms with van der Waals surface area (Å²) >= 11 is 0. The van der Waals surface area contributed by atoms with Gasteiger partial charge in [0.15, 0.2) is 0 Å². The Kier molecular flexibility index (Phi) is 4.19. The van der Waals surface area contributed by atoms with Crippen LogP contribution in [0.3, 0.4) is 0 Å². The Morgan fingerprint density at radius 2 is 2.43 bits per heavy atom. The van der Waals surface area contributed by atoms with Crippen molar-refractivity contribution in [1.82, 2.24) is 4.98 Å². The smallest absolute Gasteiger partial charge is 0.149 e. The Balaban J connectivity index is 2.47. The monoisotopic (exact) mass is 195 g/mol. The number of pyridine rings is 1. The molecule has 0 aliphatic carbocycles. The van der Waals surface area contributed by atoms with E-state index < -0.39 is 0 Å². The number of nitrogens with one attached hydrogen (secondary N) is 1. The number of methoxy groups -OCH3 is 1. The van der Waals surface area contributed by atoms with Crippen LogP contribution in [-0.2, 0) is 4.74 Å². The van der Waals surface area contributed by atoms with Crippen LogP contribution in [0, 0.1) is 0 Å². The largest absolute Gasteiger partial charge is 0.396 e. The van der Waals surface area contributed by atoms with E-state index in [1.807, 2.05) is 12.1 Å². The molecule has 0 saturated heterocycles. The van der Waals surface area contributed by atoms with Gasteiger partial charge in [-0.3, -0.25) is 0 Å². The predicted molar refractivity (Wildman–Crippen MR) is 58.2 cm³/mol. The predicted octanol–water partition coefficient (Wildman–Crippen LogP) is 1.50. The van der Waals surface area contributed by atoms with Gasteiger partial charge in [-0.15, -0.1) is 0 Å². The van der Waals surface area contributed by atoms with Crippen molar-refractivity contribution in [3.8, 4) is 0 Å². The highest BCUT2D eigenvalue weighted by atomic mass is 16.5. The van der Waals surface area contributed by atoms with Gasteiger partial charge >= 0.3 is 0 Å². The third-order valence-corrected chi connectivity index (χ3v) is 1.98. The van der Waals surface area contributed by atoms with Gasteiger partial charge in [0.25, 0.3) is 0 Å². The van der Waals surface area contributed by atoms with Crippen molar-refractivity contribution >= 4 is 11.5 Å². The standard InChI is InChI=1S/C10H17N3O/c1-8(5-7-14-2)13-10-9(11)4-3-6-12-10/h3-4,6,8H,5,7,11H2,1-2H3,(H,12,13). The van der Waals surface area contributed by atoms with Crippen molar-refractivity contribution in [2.45, 2.75) is 19.4 Å². The van der Waals surface area contributed by atoms with Crippen molar-refractivity contribution in [3.05, 3.63) is 18.3 Å². The number of hydrogen-bond acceptors (Lipinski definition) is 4. The summed E-state index contributed by atoms with van der Waals surface area (Å²) in [5, 5.41) is 3.23. The summed E-state index contributed by atoms with van der Waals surface area (Å²) in [6.45, 7) is 2.81. The highest BCUT2D eigenvalue weighted by Crippen LogP contribution is 2.14. The van der Waals surface area contributed by atoms with Gasteiger partial charge < -0.3 is 15.8 Å². The van der Waals surface area contributed by atoms with Crippen molar-refractivity contribution in [2.24, 2.45) is 0 Å². The molecule has 78 valence electrons. The molecule has 0 saturated carbocycles. The number of ether oxygens (including phenoxy) is 1. The first-order chi connectivity index (χ1) is 6.74. The Labute approximate surface area is 84.5 Å². The lowest BCUT2D eigenvalue weighted by molar-refractivity contribution is 0.191. The molecule has 1 heterocycles. The first kappa shape index (κ1) is 10.8. The average Bonchev–Trinajstić information content (AvgIpc) is 2.18. The quantitative estimate of drug-likeness (QED) is 0.747. The Morgan fingerprint density at radius 1 is 1.64 bits per heavy atom. The number of hydrogen-bond donors (Lipinski definition) is 2. The number of anilines is 2. The van der Waals surface area contributed by atoms with Crippen LogP contribution in [0.1, 0.15) is 13.3 Å². The van der Waals surface area contributed by atoms with Gasteiger partial charge in [0, 0.05) is 26.0 Å². The van der Waals surface area contributed by atoms with Crippen LogP contribution in [0.5, 0.6) is 0 Å². The summed E-state index contributed by atoms with van der Waals surface area (Å²) < 4.78 is 4.99. The van der Waals surface area contributed by atoms with E-state index in [9.17, 15) is 0 Å². The highest BCUT2D eigenvalue weighted by molar-refractivity contribution is 5.60. The molecule has 1 unspecified atom stereocenters. The van der Waals surface area contributed by atoms with Crippen molar-refractivity contribution in [3.63, 3.8) is 0 Å². The van der Waals surface area contributed by atoms with Crippen LogP contribution in [0.2, 0.25) is 0 Å². The molecular formula is C10H17N3O. The molecule has 1 aromatic rings. The molecule has 0 radical (unpaired) electrons. The second-order valence-corrected chi connectivity index (χ2v) is 3.27. The van der Waals surface area contributed by atoms with E-state index >= 15 is 0 Å². The molecule has 4 nitrogen and oxygen atoms in total. The van der Waals surface area contributed by atoms with Gasteiger partial charge in [0.1, 0.15) is 5.82 Å². The van der Waals surface area contributed by atoms with E-state index in [0.29, 0.717) is 11.7 Å². The minimum absolute atomic E-state index is 0.312. The first-order valence-electron chi connectivity index (χ1n) is 4.70. The molecule has 14 heavy (non-hydrogen) atoms. The van der Waals surface area contributed by atoms with Crippen LogP contribution >= 0.6 is 0 Å². The number of rotatable bonds is 5.